The van der Waals surface area contributed by atoms with E-state index in [0.29, 0.717) is 6.61 Å². The van der Waals surface area contributed by atoms with E-state index < -0.39 is 5.91 Å². The fourth-order valence-electron chi connectivity index (χ4n) is 1.67. The maximum absolute atomic E-state index is 11.6. The van der Waals surface area contributed by atoms with Crippen LogP contribution < -0.4 is 5.32 Å². The molecular weight excluding hydrogens is 240 g/mol. The van der Waals surface area contributed by atoms with Crippen molar-refractivity contribution in [3.63, 3.8) is 0 Å². The molecule has 0 saturated heterocycles. The lowest BCUT2D eigenvalue weighted by Gasteiger charge is -2.18. The number of unbranched alkanes of at least 4 members (excludes halogenated alkanes) is 4. The monoisotopic (exact) mass is 266 g/mol. The predicted molar refractivity (Wildman–Crippen MR) is 76.3 cm³/mol. The summed E-state index contributed by atoms with van der Waals surface area (Å²) in [5.74, 6) is -0.433. The van der Waals surface area contributed by atoms with E-state index >= 15 is 0 Å². The van der Waals surface area contributed by atoms with Crippen molar-refractivity contribution in [2.24, 2.45) is 0 Å². The van der Waals surface area contributed by atoms with Gasteiger partial charge in [-0.2, -0.15) is 5.26 Å². The zero-order chi connectivity index (χ0) is 14.5. The lowest BCUT2D eigenvalue weighted by atomic mass is 10.1. The number of carbonyl (C=O) groups is 1. The fourth-order valence-corrected chi connectivity index (χ4v) is 1.67. The first-order valence-corrected chi connectivity index (χ1v) is 7.17. The van der Waals surface area contributed by atoms with Crippen molar-refractivity contribution in [2.75, 3.05) is 6.61 Å². The molecule has 1 atom stereocenters. The molecule has 0 rings (SSSR count). The summed E-state index contributed by atoms with van der Waals surface area (Å²) >= 11 is 0. The van der Waals surface area contributed by atoms with Crippen LogP contribution in [0.3, 0.4) is 0 Å². The zero-order valence-corrected chi connectivity index (χ0v) is 12.2. The van der Waals surface area contributed by atoms with Crippen LogP contribution in [0.4, 0.5) is 0 Å². The molecular formula is C15H26N2O2. The van der Waals surface area contributed by atoms with Gasteiger partial charge < -0.3 is 10.1 Å². The molecule has 0 spiro atoms. The minimum absolute atomic E-state index is 0.0731. The SMILES string of the molecule is C=C(C#N)C(=O)NC(CCCCCCC)OCCC. The number of hydrogen-bond acceptors (Lipinski definition) is 3. The number of nitrogens with one attached hydrogen (secondary N) is 1. The van der Waals surface area contributed by atoms with Crippen molar-refractivity contribution in [3.8, 4) is 6.07 Å². The molecule has 0 aromatic heterocycles. The summed E-state index contributed by atoms with van der Waals surface area (Å²) in [5, 5.41) is 11.3. The van der Waals surface area contributed by atoms with Crippen LogP contribution in [0.5, 0.6) is 0 Å². The van der Waals surface area contributed by atoms with Gasteiger partial charge in [0.1, 0.15) is 17.9 Å². The molecule has 108 valence electrons. The Bertz CT molecular complexity index is 308. The quantitative estimate of drug-likeness (QED) is 0.270. The van der Waals surface area contributed by atoms with Gasteiger partial charge in [0.05, 0.1) is 0 Å². The third-order valence-electron chi connectivity index (χ3n) is 2.79. The molecule has 0 aliphatic rings. The number of rotatable bonds is 11. The molecule has 1 amide bonds. The first-order chi connectivity index (χ1) is 9.15. The Hall–Kier alpha value is -1.34. The van der Waals surface area contributed by atoms with E-state index in [0.717, 1.165) is 25.7 Å². The number of nitriles is 1. The molecule has 19 heavy (non-hydrogen) atoms. The lowest BCUT2D eigenvalue weighted by molar-refractivity contribution is -0.121. The lowest BCUT2D eigenvalue weighted by Crippen LogP contribution is -2.37. The number of carbonyl (C=O) groups excluding carboxylic acids is 1. The van der Waals surface area contributed by atoms with Crippen molar-refractivity contribution in [3.05, 3.63) is 12.2 Å². The van der Waals surface area contributed by atoms with Crippen molar-refractivity contribution in [1.82, 2.24) is 5.32 Å². The van der Waals surface area contributed by atoms with Crippen molar-refractivity contribution >= 4 is 5.91 Å². The van der Waals surface area contributed by atoms with Gasteiger partial charge >= 0.3 is 0 Å². The van der Waals surface area contributed by atoms with E-state index in [4.69, 9.17) is 10.00 Å². The van der Waals surface area contributed by atoms with Gasteiger partial charge in [-0.25, -0.2) is 0 Å². The molecule has 0 fully saturated rings. The highest BCUT2D eigenvalue weighted by Gasteiger charge is 2.14. The molecule has 0 saturated carbocycles. The van der Waals surface area contributed by atoms with Crippen LogP contribution in [0.1, 0.15) is 58.8 Å². The zero-order valence-electron chi connectivity index (χ0n) is 12.2. The Morgan fingerprint density at radius 1 is 1.26 bits per heavy atom. The summed E-state index contributed by atoms with van der Waals surface area (Å²) < 4.78 is 5.58. The van der Waals surface area contributed by atoms with Crippen LogP contribution in [-0.2, 0) is 9.53 Å². The third kappa shape index (κ3) is 9.26. The smallest absolute Gasteiger partial charge is 0.263 e. The Kier molecular flexibility index (Phi) is 10.9. The van der Waals surface area contributed by atoms with E-state index in [1.165, 1.54) is 19.3 Å². The highest BCUT2D eigenvalue weighted by molar-refractivity contribution is 5.96. The van der Waals surface area contributed by atoms with Crippen molar-refractivity contribution in [2.45, 2.75) is 65.0 Å². The molecule has 0 aromatic carbocycles. The number of nitrogens with zero attached hydrogens (tertiary/aromatic N) is 1. The molecule has 0 aromatic rings. The predicted octanol–water partition coefficient (Wildman–Crippen LogP) is 3.30. The minimum Gasteiger partial charge on any atom is -0.359 e. The maximum Gasteiger partial charge on any atom is 0.263 e. The van der Waals surface area contributed by atoms with Gasteiger partial charge in [-0.3, -0.25) is 4.79 Å². The molecule has 4 heteroatoms. The van der Waals surface area contributed by atoms with Gasteiger partial charge in [-0.15, -0.1) is 0 Å². The molecule has 4 nitrogen and oxygen atoms in total. The van der Waals surface area contributed by atoms with Gasteiger partial charge in [-0.05, 0) is 19.3 Å². The van der Waals surface area contributed by atoms with Crippen LogP contribution in [0.2, 0.25) is 0 Å². The standard InChI is InChI=1S/C15H26N2O2/c1-4-6-7-8-9-10-14(19-11-5-2)17-15(18)13(3)12-16/h14H,3-11H2,1-2H3,(H,17,18). The van der Waals surface area contributed by atoms with Crippen molar-refractivity contribution in [1.29, 1.82) is 5.26 Å². The molecule has 1 N–H and O–H groups in total. The normalized spacial score (nSPS) is 11.6. The van der Waals surface area contributed by atoms with Crippen LogP contribution in [0, 0.1) is 11.3 Å². The van der Waals surface area contributed by atoms with E-state index in [1.807, 2.05) is 6.92 Å². The van der Waals surface area contributed by atoms with E-state index in [1.54, 1.807) is 6.07 Å². The highest BCUT2D eigenvalue weighted by Crippen LogP contribution is 2.09. The summed E-state index contributed by atoms with van der Waals surface area (Å²) in [6.07, 6.45) is 7.24. The molecule has 0 aliphatic carbocycles. The summed E-state index contributed by atoms with van der Waals surface area (Å²) in [6, 6.07) is 1.75. The summed E-state index contributed by atoms with van der Waals surface area (Å²) in [7, 11) is 0. The number of hydrogen-bond donors (Lipinski definition) is 1. The molecule has 0 heterocycles. The van der Waals surface area contributed by atoms with E-state index in [9.17, 15) is 4.79 Å². The van der Waals surface area contributed by atoms with Gasteiger partial charge in [0.15, 0.2) is 0 Å². The number of amides is 1. The Labute approximate surface area is 116 Å². The number of ether oxygens (including phenoxy) is 1. The van der Waals surface area contributed by atoms with Crippen molar-refractivity contribution < 1.29 is 9.53 Å². The summed E-state index contributed by atoms with van der Waals surface area (Å²) in [6.45, 7) is 8.21. The Morgan fingerprint density at radius 2 is 1.95 bits per heavy atom. The highest BCUT2D eigenvalue weighted by atomic mass is 16.5. The second kappa shape index (κ2) is 11.7. The van der Waals surface area contributed by atoms with Gasteiger partial charge in [0, 0.05) is 6.61 Å². The van der Waals surface area contributed by atoms with Crippen LogP contribution >= 0.6 is 0 Å². The topological polar surface area (TPSA) is 62.1 Å². The maximum atomic E-state index is 11.6. The fraction of sp³-hybridized carbons (Fsp3) is 0.733. The Morgan fingerprint density at radius 3 is 2.53 bits per heavy atom. The van der Waals surface area contributed by atoms with Gasteiger partial charge in [-0.1, -0.05) is 46.1 Å². The average Bonchev–Trinajstić information content (AvgIpc) is 2.42. The third-order valence-corrected chi connectivity index (χ3v) is 2.79. The van der Waals surface area contributed by atoms with Crippen LogP contribution in [0.15, 0.2) is 12.2 Å². The van der Waals surface area contributed by atoms with Gasteiger partial charge in [0.25, 0.3) is 5.91 Å². The summed E-state index contributed by atoms with van der Waals surface area (Å²) in [4.78, 5) is 11.6. The molecule has 0 bridgehead atoms. The first kappa shape index (κ1) is 17.7. The largest absolute Gasteiger partial charge is 0.359 e. The molecule has 0 aliphatic heterocycles. The Balaban J connectivity index is 4.04. The van der Waals surface area contributed by atoms with Crippen LogP contribution in [0.25, 0.3) is 0 Å². The molecule has 1 unspecified atom stereocenters. The first-order valence-electron chi connectivity index (χ1n) is 7.17. The minimum atomic E-state index is -0.433. The second-order valence-electron chi connectivity index (χ2n) is 4.63. The van der Waals surface area contributed by atoms with E-state index in [2.05, 4.69) is 18.8 Å². The molecule has 0 radical (unpaired) electrons. The second-order valence-corrected chi connectivity index (χ2v) is 4.63. The van der Waals surface area contributed by atoms with Gasteiger partial charge in [0.2, 0.25) is 0 Å². The average molecular weight is 266 g/mol. The summed E-state index contributed by atoms with van der Waals surface area (Å²) in [5.41, 5.74) is -0.0731. The van der Waals surface area contributed by atoms with Crippen LogP contribution in [-0.4, -0.2) is 18.7 Å². The van der Waals surface area contributed by atoms with E-state index in [-0.39, 0.29) is 11.8 Å².